The number of aryl methyl sites for hydroxylation is 1. The fourth-order valence-corrected chi connectivity index (χ4v) is 2.47. The smallest absolute Gasteiger partial charge is 0.224 e. The van der Waals surface area contributed by atoms with E-state index in [1.54, 1.807) is 23.3 Å². The molecule has 4 nitrogen and oxygen atoms in total. The highest BCUT2D eigenvalue weighted by molar-refractivity contribution is 7.09. The zero-order valence-corrected chi connectivity index (χ0v) is 9.04. The highest BCUT2D eigenvalue weighted by Gasteiger charge is 2.37. The number of nitrogens with zero attached hydrogens (tertiary/aromatic N) is 2. The summed E-state index contributed by atoms with van der Waals surface area (Å²) < 4.78 is 0. The maximum absolute atomic E-state index is 11.4. The molecule has 0 spiro atoms. The molecular formula is C9H13N3OS. The van der Waals surface area contributed by atoms with Gasteiger partial charge in [-0.15, -0.1) is 11.3 Å². The molecule has 0 aliphatic carbocycles. The first-order chi connectivity index (χ1) is 6.59. The zero-order chi connectivity index (χ0) is 10.3. The number of carbonyl (C=O) groups is 1. The predicted molar refractivity (Wildman–Crippen MR) is 55.0 cm³/mol. The minimum absolute atomic E-state index is 0.0348. The minimum atomic E-state index is -0.117. The molecule has 1 saturated heterocycles. The molecule has 1 aromatic rings. The highest BCUT2D eigenvalue weighted by Crippen LogP contribution is 2.30. The minimum Gasteiger partial charge on any atom is -0.335 e. The van der Waals surface area contributed by atoms with Crippen molar-refractivity contribution in [2.75, 3.05) is 7.05 Å². The third-order valence-electron chi connectivity index (χ3n) is 2.57. The van der Waals surface area contributed by atoms with Crippen LogP contribution < -0.4 is 5.73 Å². The van der Waals surface area contributed by atoms with E-state index in [2.05, 4.69) is 4.98 Å². The second kappa shape index (κ2) is 3.33. The van der Waals surface area contributed by atoms with Crippen LogP contribution in [0.4, 0.5) is 0 Å². The summed E-state index contributed by atoms with van der Waals surface area (Å²) in [7, 11) is 1.79. The van der Waals surface area contributed by atoms with Crippen LogP contribution in [0.2, 0.25) is 0 Å². The molecule has 2 rings (SSSR count). The van der Waals surface area contributed by atoms with Crippen LogP contribution in [-0.4, -0.2) is 28.9 Å². The summed E-state index contributed by atoms with van der Waals surface area (Å²) in [6.45, 7) is 1.95. The van der Waals surface area contributed by atoms with E-state index in [1.165, 1.54) is 0 Å². The van der Waals surface area contributed by atoms with Crippen LogP contribution in [0.5, 0.6) is 0 Å². The molecule has 14 heavy (non-hydrogen) atoms. The maximum atomic E-state index is 11.4. The second-order valence-corrected chi connectivity index (χ2v) is 4.67. The number of amides is 1. The first-order valence-electron chi connectivity index (χ1n) is 4.53. The number of thiazole rings is 1. The summed E-state index contributed by atoms with van der Waals surface area (Å²) in [6.07, 6.45) is 0.428. The number of rotatable bonds is 1. The van der Waals surface area contributed by atoms with Crippen LogP contribution in [-0.2, 0) is 4.79 Å². The monoisotopic (exact) mass is 211 g/mol. The predicted octanol–water partition coefficient (Wildman–Crippen LogP) is 0.682. The molecule has 2 N–H and O–H groups in total. The van der Waals surface area contributed by atoms with Gasteiger partial charge in [-0.2, -0.15) is 0 Å². The molecular weight excluding hydrogens is 198 g/mol. The van der Waals surface area contributed by atoms with Gasteiger partial charge in [-0.25, -0.2) is 4.98 Å². The molecule has 76 valence electrons. The average Bonchev–Trinajstić information content (AvgIpc) is 2.60. The molecule has 1 fully saturated rings. The molecule has 0 aromatic carbocycles. The summed E-state index contributed by atoms with van der Waals surface area (Å²) in [6, 6.07) is -0.151. The van der Waals surface area contributed by atoms with Crippen LogP contribution in [0.15, 0.2) is 5.38 Å². The topological polar surface area (TPSA) is 59.2 Å². The van der Waals surface area contributed by atoms with Gasteiger partial charge < -0.3 is 10.6 Å². The first kappa shape index (κ1) is 9.61. The number of hydrogen-bond donors (Lipinski definition) is 1. The van der Waals surface area contributed by atoms with Crippen molar-refractivity contribution in [1.29, 1.82) is 0 Å². The lowest BCUT2D eigenvalue weighted by atomic mass is 10.1. The Morgan fingerprint density at radius 2 is 2.43 bits per heavy atom. The lowest BCUT2D eigenvalue weighted by molar-refractivity contribution is -0.127. The molecule has 1 aliphatic rings. The number of likely N-dealkylation sites (tertiary alicyclic amines) is 1. The number of likely N-dealkylation sites (N-methyl/N-ethyl adjacent to an activating group) is 1. The van der Waals surface area contributed by atoms with E-state index in [1.807, 2.05) is 12.3 Å². The Labute approximate surface area is 86.7 Å². The van der Waals surface area contributed by atoms with E-state index in [-0.39, 0.29) is 18.0 Å². The van der Waals surface area contributed by atoms with Gasteiger partial charge in [-0.1, -0.05) is 0 Å². The van der Waals surface area contributed by atoms with E-state index in [0.717, 1.165) is 10.7 Å². The molecule has 1 amide bonds. The molecule has 0 radical (unpaired) electrons. The van der Waals surface area contributed by atoms with Crippen LogP contribution in [0.25, 0.3) is 0 Å². The quantitative estimate of drug-likeness (QED) is 0.743. The van der Waals surface area contributed by atoms with Crippen LogP contribution in [0.1, 0.15) is 23.2 Å². The molecule has 1 aromatic heterocycles. The van der Waals surface area contributed by atoms with Crippen molar-refractivity contribution in [1.82, 2.24) is 9.88 Å². The van der Waals surface area contributed by atoms with Gasteiger partial charge in [0.15, 0.2) is 0 Å². The van der Waals surface area contributed by atoms with Crippen molar-refractivity contribution in [3.63, 3.8) is 0 Å². The van der Waals surface area contributed by atoms with Crippen LogP contribution in [0, 0.1) is 6.92 Å². The van der Waals surface area contributed by atoms with Crippen molar-refractivity contribution in [2.45, 2.75) is 25.4 Å². The maximum Gasteiger partial charge on any atom is 0.224 e. The van der Waals surface area contributed by atoms with Gasteiger partial charge in [0.05, 0.1) is 16.7 Å². The normalized spacial score (nSPS) is 27.4. The average molecular weight is 211 g/mol. The summed E-state index contributed by atoms with van der Waals surface area (Å²) in [4.78, 5) is 17.5. The van der Waals surface area contributed by atoms with Gasteiger partial charge in [0.25, 0.3) is 0 Å². The standard InChI is InChI=1S/C9H13N3OS/c1-5-11-7(4-14-5)9-6(10)3-8(13)12(9)2/h4,6,9H,3,10H2,1-2H3/t6-,9-/m0/s1. The number of carbonyl (C=O) groups excluding carboxylic acids is 1. The zero-order valence-electron chi connectivity index (χ0n) is 8.23. The lowest BCUT2D eigenvalue weighted by Crippen LogP contribution is -2.30. The summed E-state index contributed by atoms with van der Waals surface area (Å²) in [5, 5.41) is 2.99. The van der Waals surface area contributed by atoms with E-state index in [0.29, 0.717) is 6.42 Å². The second-order valence-electron chi connectivity index (χ2n) is 3.61. The van der Waals surface area contributed by atoms with Gasteiger partial charge in [0, 0.05) is 24.9 Å². The molecule has 1 aliphatic heterocycles. The van der Waals surface area contributed by atoms with Crippen LogP contribution in [0.3, 0.4) is 0 Å². The van der Waals surface area contributed by atoms with Gasteiger partial charge in [-0.05, 0) is 6.92 Å². The Morgan fingerprint density at radius 3 is 2.86 bits per heavy atom. The Bertz CT molecular complexity index is 363. The third kappa shape index (κ3) is 1.42. The fourth-order valence-electron chi connectivity index (χ4n) is 1.83. The van der Waals surface area contributed by atoms with Gasteiger partial charge in [-0.3, -0.25) is 4.79 Å². The Balaban J connectivity index is 2.30. The summed E-state index contributed by atoms with van der Waals surface area (Å²) in [5.41, 5.74) is 6.83. The Kier molecular flexibility index (Phi) is 2.28. The van der Waals surface area contributed by atoms with E-state index >= 15 is 0 Å². The highest BCUT2D eigenvalue weighted by atomic mass is 32.1. The summed E-state index contributed by atoms with van der Waals surface area (Å²) in [5.74, 6) is 0.105. The lowest BCUT2D eigenvalue weighted by Gasteiger charge is -2.20. The SMILES string of the molecule is Cc1nc([C@@H]2[C@@H](N)CC(=O)N2C)cs1. The van der Waals surface area contributed by atoms with Gasteiger partial charge in [0.1, 0.15) is 0 Å². The fraction of sp³-hybridized carbons (Fsp3) is 0.556. The van der Waals surface area contributed by atoms with Crippen LogP contribution >= 0.6 is 11.3 Å². The van der Waals surface area contributed by atoms with Crippen molar-refractivity contribution >= 4 is 17.2 Å². The molecule has 2 heterocycles. The van der Waals surface area contributed by atoms with Gasteiger partial charge in [0.2, 0.25) is 5.91 Å². The summed E-state index contributed by atoms with van der Waals surface area (Å²) >= 11 is 1.59. The molecule has 0 saturated carbocycles. The van der Waals surface area contributed by atoms with Crippen molar-refractivity contribution in [2.24, 2.45) is 5.73 Å². The Hall–Kier alpha value is -0.940. The molecule has 0 bridgehead atoms. The van der Waals surface area contributed by atoms with Gasteiger partial charge >= 0.3 is 0 Å². The first-order valence-corrected chi connectivity index (χ1v) is 5.41. The molecule has 5 heteroatoms. The largest absolute Gasteiger partial charge is 0.335 e. The number of nitrogens with two attached hydrogens (primary N) is 1. The van der Waals surface area contributed by atoms with E-state index < -0.39 is 0 Å². The third-order valence-corrected chi connectivity index (χ3v) is 3.36. The van der Waals surface area contributed by atoms with Crippen molar-refractivity contribution in [3.8, 4) is 0 Å². The van der Waals surface area contributed by atoms with E-state index in [4.69, 9.17) is 5.73 Å². The number of hydrogen-bond acceptors (Lipinski definition) is 4. The molecule has 2 atom stereocenters. The Morgan fingerprint density at radius 1 is 1.71 bits per heavy atom. The van der Waals surface area contributed by atoms with Crippen molar-refractivity contribution in [3.05, 3.63) is 16.1 Å². The van der Waals surface area contributed by atoms with E-state index in [9.17, 15) is 4.79 Å². The molecule has 0 unspecified atom stereocenters. The number of aromatic nitrogens is 1. The van der Waals surface area contributed by atoms with Crippen molar-refractivity contribution < 1.29 is 4.79 Å².